The fourth-order valence-electron chi connectivity index (χ4n) is 2.82. The van der Waals surface area contributed by atoms with Gasteiger partial charge in [0.15, 0.2) is 0 Å². The Hall–Kier alpha value is -3.20. The van der Waals surface area contributed by atoms with Gasteiger partial charge in [-0.3, -0.25) is 0 Å². The van der Waals surface area contributed by atoms with Crippen LogP contribution in [-0.2, 0) is 16.6 Å². The first-order valence-electron chi connectivity index (χ1n) is 9.45. The Kier molecular flexibility index (Phi) is 6.31. The molecular weight excluding hydrogens is 432 g/mol. The molecule has 0 aliphatic heterocycles. The third kappa shape index (κ3) is 5.29. The predicted octanol–water partition coefficient (Wildman–Crippen LogP) is 5.09. The summed E-state index contributed by atoms with van der Waals surface area (Å²) in [6, 6.07) is 23.2. The number of hydrogen-bond donors (Lipinski definition) is 1. The summed E-state index contributed by atoms with van der Waals surface area (Å²) in [5, 5.41) is 2.66. The fraction of sp³-hybridized carbons (Fsp3) is 0.0870. The summed E-state index contributed by atoms with van der Waals surface area (Å²) in [4.78, 5) is 4.69. The number of methoxy groups -OCH3 is 1. The zero-order valence-corrected chi connectivity index (χ0v) is 18.3. The molecule has 0 unspecified atom stereocenters. The number of hydrogen-bond acceptors (Lipinski definition) is 6. The second kappa shape index (κ2) is 9.30. The highest BCUT2D eigenvalue weighted by Crippen LogP contribution is 2.26. The maximum Gasteiger partial charge on any atom is 0.240 e. The lowest BCUT2D eigenvalue weighted by Crippen LogP contribution is -2.23. The summed E-state index contributed by atoms with van der Waals surface area (Å²) in [7, 11) is -2.05. The van der Waals surface area contributed by atoms with Crippen molar-refractivity contribution in [3.63, 3.8) is 0 Å². The minimum absolute atomic E-state index is 0.108. The molecule has 3 aromatic carbocycles. The number of rotatable bonds is 8. The van der Waals surface area contributed by atoms with E-state index in [2.05, 4.69) is 9.71 Å². The molecule has 158 valence electrons. The van der Waals surface area contributed by atoms with Crippen LogP contribution in [0.25, 0.3) is 10.6 Å². The third-order valence-electron chi connectivity index (χ3n) is 4.44. The molecule has 0 atom stereocenters. The van der Waals surface area contributed by atoms with Crippen molar-refractivity contribution >= 4 is 21.4 Å². The second-order valence-corrected chi connectivity index (χ2v) is 9.21. The molecule has 6 nitrogen and oxygen atoms in total. The zero-order chi connectivity index (χ0) is 21.7. The Balaban J connectivity index is 1.39. The summed E-state index contributed by atoms with van der Waals surface area (Å²) >= 11 is 1.46. The van der Waals surface area contributed by atoms with Gasteiger partial charge >= 0.3 is 0 Å². The predicted molar refractivity (Wildman–Crippen MR) is 121 cm³/mol. The highest BCUT2D eigenvalue weighted by atomic mass is 32.2. The van der Waals surface area contributed by atoms with E-state index in [1.165, 1.54) is 23.5 Å². The molecule has 0 fully saturated rings. The van der Waals surface area contributed by atoms with Crippen molar-refractivity contribution in [2.45, 2.75) is 11.4 Å². The summed E-state index contributed by atoms with van der Waals surface area (Å²) in [6.45, 7) is 0.108. The van der Waals surface area contributed by atoms with Crippen LogP contribution in [0.4, 0.5) is 0 Å². The van der Waals surface area contributed by atoms with E-state index < -0.39 is 10.0 Å². The summed E-state index contributed by atoms with van der Waals surface area (Å²) in [5.41, 5.74) is 1.61. The Bertz CT molecular complexity index is 1240. The van der Waals surface area contributed by atoms with Crippen LogP contribution in [0.5, 0.6) is 17.2 Å². The van der Waals surface area contributed by atoms with Crippen LogP contribution in [0.15, 0.2) is 89.1 Å². The van der Waals surface area contributed by atoms with Crippen molar-refractivity contribution in [1.82, 2.24) is 9.71 Å². The highest BCUT2D eigenvalue weighted by Gasteiger charge is 2.15. The summed E-state index contributed by atoms with van der Waals surface area (Å²) < 4.78 is 38.7. The molecule has 1 N–H and O–H groups in total. The van der Waals surface area contributed by atoms with E-state index in [9.17, 15) is 8.42 Å². The Labute approximate surface area is 185 Å². The van der Waals surface area contributed by atoms with Crippen molar-refractivity contribution in [2.24, 2.45) is 0 Å². The van der Waals surface area contributed by atoms with Gasteiger partial charge in [0.1, 0.15) is 22.3 Å². The van der Waals surface area contributed by atoms with Crippen molar-refractivity contribution < 1.29 is 17.9 Å². The van der Waals surface area contributed by atoms with Gasteiger partial charge in [-0.2, -0.15) is 0 Å². The molecule has 4 aromatic rings. The van der Waals surface area contributed by atoms with E-state index in [1.807, 2.05) is 60.0 Å². The van der Waals surface area contributed by atoms with Crippen LogP contribution in [0.3, 0.4) is 0 Å². The molecule has 0 amide bonds. The van der Waals surface area contributed by atoms with Gasteiger partial charge in [-0.1, -0.05) is 18.2 Å². The molecule has 0 spiro atoms. The largest absolute Gasteiger partial charge is 0.497 e. The van der Waals surface area contributed by atoms with Crippen LogP contribution in [0, 0.1) is 0 Å². The number of thiazole rings is 1. The van der Waals surface area contributed by atoms with Crippen molar-refractivity contribution in [3.8, 4) is 27.8 Å². The molecule has 1 aromatic heterocycles. The van der Waals surface area contributed by atoms with E-state index in [1.54, 1.807) is 19.2 Å². The molecule has 8 heteroatoms. The molecule has 0 aliphatic rings. The Morgan fingerprint density at radius 3 is 2.19 bits per heavy atom. The van der Waals surface area contributed by atoms with Crippen molar-refractivity contribution in [1.29, 1.82) is 0 Å². The van der Waals surface area contributed by atoms with Gasteiger partial charge in [0.25, 0.3) is 0 Å². The molecule has 0 radical (unpaired) electrons. The molecule has 4 rings (SSSR count). The van der Waals surface area contributed by atoms with Crippen LogP contribution in [-0.4, -0.2) is 20.5 Å². The van der Waals surface area contributed by atoms with Crippen LogP contribution >= 0.6 is 11.3 Å². The van der Waals surface area contributed by atoms with E-state index in [0.717, 1.165) is 16.3 Å². The minimum atomic E-state index is -3.67. The van der Waals surface area contributed by atoms with E-state index >= 15 is 0 Å². The summed E-state index contributed by atoms with van der Waals surface area (Å²) in [5.74, 6) is 2.02. The quantitative estimate of drug-likeness (QED) is 0.403. The smallest absolute Gasteiger partial charge is 0.240 e. The lowest BCUT2D eigenvalue weighted by Gasteiger charge is -2.08. The fourth-order valence-corrected chi connectivity index (χ4v) is 4.64. The third-order valence-corrected chi connectivity index (χ3v) is 6.80. The van der Waals surface area contributed by atoms with E-state index in [-0.39, 0.29) is 11.4 Å². The van der Waals surface area contributed by atoms with Crippen molar-refractivity contribution in [3.05, 3.63) is 89.9 Å². The maximum absolute atomic E-state index is 12.6. The molecule has 31 heavy (non-hydrogen) atoms. The van der Waals surface area contributed by atoms with Gasteiger partial charge in [-0.05, 0) is 60.7 Å². The standard InChI is InChI=1S/C23H20N2O4S2/c1-28-19-9-7-17(8-10-19)23-25-18(16-30-23)15-24-31(26,27)22-13-11-21(12-14-22)29-20-5-3-2-4-6-20/h2-14,16,24H,15H2,1H3. The number of benzene rings is 3. The number of nitrogens with one attached hydrogen (secondary N) is 1. The van der Waals surface area contributed by atoms with Gasteiger partial charge in [0.05, 0.1) is 24.2 Å². The first kappa shape index (κ1) is 21.0. The van der Waals surface area contributed by atoms with Crippen LogP contribution < -0.4 is 14.2 Å². The van der Waals surface area contributed by atoms with Gasteiger partial charge in [-0.15, -0.1) is 11.3 Å². The topological polar surface area (TPSA) is 77.5 Å². The number of ether oxygens (including phenoxy) is 2. The van der Waals surface area contributed by atoms with Gasteiger partial charge < -0.3 is 9.47 Å². The van der Waals surface area contributed by atoms with Gasteiger partial charge in [0.2, 0.25) is 10.0 Å². The lowest BCUT2D eigenvalue weighted by atomic mass is 10.2. The molecule has 0 saturated carbocycles. The lowest BCUT2D eigenvalue weighted by molar-refractivity contribution is 0.415. The number of para-hydroxylation sites is 1. The zero-order valence-electron chi connectivity index (χ0n) is 16.7. The first-order valence-corrected chi connectivity index (χ1v) is 11.8. The van der Waals surface area contributed by atoms with E-state index in [0.29, 0.717) is 17.2 Å². The number of nitrogens with zero attached hydrogens (tertiary/aromatic N) is 1. The molecular formula is C23H20N2O4S2. The van der Waals surface area contributed by atoms with Gasteiger partial charge in [-0.25, -0.2) is 18.1 Å². The molecule has 0 aliphatic carbocycles. The minimum Gasteiger partial charge on any atom is -0.497 e. The van der Waals surface area contributed by atoms with Crippen LogP contribution in [0.1, 0.15) is 5.69 Å². The van der Waals surface area contributed by atoms with Crippen LogP contribution in [0.2, 0.25) is 0 Å². The Morgan fingerprint density at radius 1 is 0.871 bits per heavy atom. The number of sulfonamides is 1. The highest BCUT2D eigenvalue weighted by molar-refractivity contribution is 7.89. The molecule has 1 heterocycles. The van der Waals surface area contributed by atoms with E-state index in [4.69, 9.17) is 9.47 Å². The SMILES string of the molecule is COc1ccc(-c2nc(CNS(=O)(=O)c3ccc(Oc4ccccc4)cc3)cs2)cc1. The summed E-state index contributed by atoms with van der Waals surface area (Å²) in [6.07, 6.45) is 0. The number of aromatic nitrogens is 1. The van der Waals surface area contributed by atoms with Gasteiger partial charge in [0, 0.05) is 10.9 Å². The maximum atomic E-state index is 12.6. The molecule has 0 saturated heterocycles. The monoisotopic (exact) mass is 452 g/mol. The average molecular weight is 453 g/mol. The first-order chi connectivity index (χ1) is 15.0. The second-order valence-electron chi connectivity index (χ2n) is 6.58. The normalized spacial score (nSPS) is 11.3. The molecule has 0 bridgehead atoms. The Morgan fingerprint density at radius 2 is 1.52 bits per heavy atom. The average Bonchev–Trinajstić information content (AvgIpc) is 3.28. The van der Waals surface area contributed by atoms with Crippen molar-refractivity contribution in [2.75, 3.05) is 7.11 Å².